The number of methoxy groups -OCH3 is 1. The number of aromatic nitrogens is 3. The molecular weight excluding hydrogens is 672 g/mol. The third-order valence-electron chi connectivity index (χ3n) is 10.1. The lowest BCUT2D eigenvalue weighted by Crippen LogP contribution is -2.52. The molecule has 47 heavy (non-hydrogen) atoms. The predicted molar refractivity (Wildman–Crippen MR) is 194 cm³/mol. The van der Waals surface area contributed by atoms with Crippen LogP contribution >= 0.6 is 15.9 Å². The van der Waals surface area contributed by atoms with Crippen LogP contribution in [-0.4, -0.2) is 60.4 Å². The summed E-state index contributed by atoms with van der Waals surface area (Å²) >= 11 is 3.71. The van der Waals surface area contributed by atoms with Crippen LogP contribution in [0.25, 0.3) is 0 Å². The fraction of sp³-hybridized carbons (Fsp3) is 0.486. The lowest BCUT2D eigenvalue weighted by atomic mass is 9.82. The van der Waals surface area contributed by atoms with E-state index in [-0.39, 0.29) is 30.1 Å². The van der Waals surface area contributed by atoms with Gasteiger partial charge in [0.25, 0.3) is 5.91 Å². The molecule has 1 amide bonds. The maximum atomic E-state index is 14.9. The zero-order valence-corrected chi connectivity index (χ0v) is 31.4. The number of halogens is 1. The highest BCUT2D eigenvalue weighted by molar-refractivity contribution is 9.10. The number of aryl methyl sites for hydroxylation is 1. The van der Waals surface area contributed by atoms with Crippen LogP contribution in [0.15, 0.2) is 76.4 Å². The summed E-state index contributed by atoms with van der Waals surface area (Å²) in [7, 11) is -0.566. The van der Waals surface area contributed by atoms with Crippen LogP contribution in [0.4, 0.5) is 5.69 Å². The Hall–Kier alpha value is -3.05. The molecule has 3 heterocycles. The fourth-order valence-corrected chi connectivity index (χ4v) is 12.0. The summed E-state index contributed by atoms with van der Waals surface area (Å²) in [6.07, 6.45) is 9.28. The van der Waals surface area contributed by atoms with Crippen LogP contribution in [0.2, 0.25) is 18.6 Å². The molecule has 1 spiro atoms. The normalized spacial score (nSPS) is 22.7. The van der Waals surface area contributed by atoms with E-state index >= 15 is 0 Å². The van der Waals surface area contributed by atoms with Crippen molar-refractivity contribution in [2.75, 3.05) is 25.2 Å². The van der Waals surface area contributed by atoms with Gasteiger partial charge in [0.1, 0.15) is 5.75 Å². The third kappa shape index (κ3) is 7.07. The Morgan fingerprint density at radius 2 is 1.89 bits per heavy atom. The molecule has 3 aromatic rings. The van der Waals surface area contributed by atoms with Gasteiger partial charge in [-0.25, -0.2) is 0 Å². The summed E-state index contributed by atoms with van der Waals surface area (Å²) in [4.78, 5) is 16.8. The molecule has 1 fully saturated rings. The summed E-state index contributed by atoms with van der Waals surface area (Å²) < 4.78 is 15.5. The minimum atomic E-state index is -2.25. The minimum absolute atomic E-state index is 0.0180. The van der Waals surface area contributed by atoms with E-state index in [0.29, 0.717) is 25.9 Å². The number of hydrogen-bond acceptors (Lipinski definition) is 6. The molecule has 2 aliphatic rings. The molecule has 0 unspecified atom stereocenters. The number of fused-ring (bicyclic) bond motifs is 2. The SMILES string of the molecule is COc1ccc([Si](C)(C)[C@@H]2[C@@H](CCn3cc(CCO)nn3)O[C@]3(C(=O)N(C/C=C(\C)CCC=C(C)C)c4ccc(Br)cc43)[C@H]2C)cc1. The standard InChI is InChI=1S/C37H49BrN4O4Si/c1-25(2)9-8-10-26(3)17-21-42-33-16-11-28(38)23-32(33)37(36(42)44)27(4)35(47(6,7)31-14-12-30(45-5)13-15-31)34(46-37)18-20-41-24-29(19-22-43)39-40-41/h9,11-17,23-24,27,34-35,43H,8,10,18-22H2,1-7H3/b26-17+/t27-,34+,35-,37+/m0/s1. The van der Waals surface area contributed by atoms with E-state index in [1.165, 1.54) is 16.3 Å². The Balaban J connectivity index is 1.53. The van der Waals surface area contributed by atoms with E-state index in [2.05, 4.69) is 103 Å². The Kier molecular flexibility index (Phi) is 11.0. The van der Waals surface area contributed by atoms with Gasteiger partial charge in [-0.3, -0.25) is 9.48 Å². The number of ether oxygens (including phenoxy) is 2. The first kappa shape index (κ1) is 35.3. The molecule has 0 bridgehead atoms. The minimum Gasteiger partial charge on any atom is -0.497 e. The first-order valence-corrected chi connectivity index (χ1v) is 20.5. The molecule has 2 aromatic carbocycles. The number of hydrogen-bond donors (Lipinski definition) is 1. The molecule has 5 rings (SSSR count). The maximum absolute atomic E-state index is 14.9. The number of amides is 1. The van der Waals surface area contributed by atoms with Gasteiger partial charge < -0.3 is 19.5 Å². The Bertz CT molecular complexity index is 1630. The molecule has 4 atom stereocenters. The van der Waals surface area contributed by atoms with Crippen molar-refractivity contribution in [3.63, 3.8) is 0 Å². The molecule has 252 valence electrons. The highest BCUT2D eigenvalue weighted by Crippen LogP contribution is 2.60. The molecular formula is C37H49BrN4O4Si. The van der Waals surface area contributed by atoms with Gasteiger partial charge in [0.05, 0.1) is 32.7 Å². The first-order chi connectivity index (χ1) is 22.4. The number of anilines is 1. The molecule has 1 aromatic heterocycles. The van der Waals surface area contributed by atoms with Gasteiger partial charge in [-0.2, -0.15) is 0 Å². The van der Waals surface area contributed by atoms with E-state index in [9.17, 15) is 9.90 Å². The van der Waals surface area contributed by atoms with E-state index in [0.717, 1.165) is 40.0 Å². The second-order valence-electron chi connectivity index (χ2n) is 13.8. The average molecular weight is 722 g/mol. The third-order valence-corrected chi connectivity index (χ3v) is 15.0. The highest BCUT2D eigenvalue weighted by atomic mass is 79.9. The van der Waals surface area contributed by atoms with Gasteiger partial charge in [-0.1, -0.05) is 81.8 Å². The van der Waals surface area contributed by atoms with Crippen molar-refractivity contribution in [1.82, 2.24) is 15.0 Å². The molecule has 8 nitrogen and oxygen atoms in total. The summed E-state index contributed by atoms with van der Waals surface area (Å²) in [5.41, 5.74) is 4.25. The van der Waals surface area contributed by atoms with Gasteiger partial charge in [0, 0.05) is 48.3 Å². The smallest absolute Gasteiger partial charge is 0.264 e. The molecule has 0 aliphatic carbocycles. The Labute approximate surface area is 289 Å². The summed E-state index contributed by atoms with van der Waals surface area (Å²) in [6, 6.07) is 14.6. The van der Waals surface area contributed by atoms with Crippen LogP contribution in [-0.2, 0) is 28.1 Å². The first-order valence-electron chi connectivity index (χ1n) is 16.7. The average Bonchev–Trinajstić information content (AvgIpc) is 3.68. The highest BCUT2D eigenvalue weighted by Gasteiger charge is 2.66. The van der Waals surface area contributed by atoms with Gasteiger partial charge in [0.15, 0.2) is 5.60 Å². The predicted octanol–water partition coefficient (Wildman–Crippen LogP) is 6.93. The summed E-state index contributed by atoms with van der Waals surface area (Å²) in [6.45, 7) is 14.6. The zero-order valence-electron chi connectivity index (χ0n) is 28.8. The van der Waals surface area contributed by atoms with Crippen molar-refractivity contribution in [2.24, 2.45) is 5.92 Å². The van der Waals surface area contributed by atoms with Crippen LogP contribution in [0, 0.1) is 5.92 Å². The van der Waals surface area contributed by atoms with Gasteiger partial charge in [-0.15, -0.1) is 5.10 Å². The zero-order chi connectivity index (χ0) is 33.9. The second-order valence-corrected chi connectivity index (χ2v) is 19.4. The topological polar surface area (TPSA) is 89.7 Å². The molecule has 1 saturated heterocycles. The quantitative estimate of drug-likeness (QED) is 0.152. The number of rotatable bonds is 13. The van der Waals surface area contributed by atoms with Crippen LogP contribution in [0.1, 0.15) is 58.2 Å². The lowest BCUT2D eigenvalue weighted by molar-refractivity contribution is -0.145. The lowest BCUT2D eigenvalue weighted by Gasteiger charge is -2.37. The maximum Gasteiger partial charge on any atom is 0.264 e. The Morgan fingerprint density at radius 3 is 2.57 bits per heavy atom. The molecule has 2 aliphatic heterocycles. The van der Waals surface area contributed by atoms with Crippen molar-refractivity contribution in [3.05, 3.63) is 87.7 Å². The van der Waals surface area contributed by atoms with Crippen molar-refractivity contribution >= 4 is 40.8 Å². The monoisotopic (exact) mass is 720 g/mol. The summed E-state index contributed by atoms with van der Waals surface area (Å²) in [5, 5.41) is 19.2. The number of carbonyl (C=O) groups is 1. The van der Waals surface area contributed by atoms with Gasteiger partial charge in [0.2, 0.25) is 0 Å². The van der Waals surface area contributed by atoms with E-state index in [1.54, 1.807) is 7.11 Å². The molecule has 0 radical (unpaired) electrons. The van der Waals surface area contributed by atoms with Crippen molar-refractivity contribution in [2.45, 2.75) is 90.3 Å². The van der Waals surface area contributed by atoms with Gasteiger partial charge in [-0.05, 0) is 75.9 Å². The Morgan fingerprint density at radius 1 is 1.15 bits per heavy atom. The van der Waals surface area contributed by atoms with Gasteiger partial charge >= 0.3 is 0 Å². The number of aliphatic hydroxyl groups excluding tert-OH is 1. The van der Waals surface area contributed by atoms with Crippen LogP contribution in [0.3, 0.4) is 0 Å². The molecule has 1 N–H and O–H groups in total. The number of allylic oxidation sites excluding steroid dienone is 3. The molecule has 0 saturated carbocycles. The van der Waals surface area contributed by atoms with Crippen molar-refractivity contribution < 1.29 is 19.4 Å². The van der Waals surface area contributed by atoms with Crippen LogP contribution in [0.5, 0.6) is 5.75 Å². The largest absolute Gasteiger partial charge is 0.497 e. The number of aliphatic hydroxyl groups is 1. The summed E-state index contributed by atoms with van der Waals surface area (Å²) in [5.74, 6) is 0.770. The van der Waals surface area contributed by atoms with E-state index < -0.39 is 13.7 Å². The number of benzene rings is 2. The van der Waals surface area contributed by atoms with Crippen molar-refractivity contribution in [1.29, 1.82) is 0 Å². The van der Waals surface area contributed by atoms with E-state index in [4.69, 9.17) is 9.47 Å². The van der Waals surface area contributed by atoms with Crippen LogP contribution < -0.4 is 14.8 Å². The number of nitrogens with zero attached hydrogens (tertiary/aromatic N) is 4. The fourth-order valence-electron chi connectivity index (χ4n) is 7.61. The molecule has 10 heteroatoms. The number of carbonyl (C=O) groups excluding carboxylic acids is 1. The van der Waals surface area contributed by atoms with Crippen molar-refractivity contribution in [3.8, 4) is 5.75 Å². The second kappa shape index (κ2) is 14.6. The van der Waals surface area contributed by atoms with E-state index in [1.807, 2.05) is 34.0 Å².